The number of carbonyl (C=O) groups excluding carboxylic acids is 1. The smallest absolute Gasteiger partial charge is 0.272 e. The van der Waals surface area contributed by atoms with Crippen molar-refractivity contribution in [2.45, 2.75) is 6.42 Å². The molecular formula is C15H17BrN6O2. The molecule has 0 atom stereocenters. The number of rotatable bonds is 3. The van der Waals surface area contributed by atoms with E-state index < -0.39 is 0 Å². The highest BCUT2D eigenvalue weighted by molar-refractivity contribution is 9.10. The van der Waals surface area contributed by atoms with Crippen molar-refractivity contribution in [2.75, 3.05) is 38.2 Å². The van der Waals surface area contributed by atoms with Gasteiger partial charge in [0.1, 0.15) is 12.0 Å². The maximum atomic E-state index is 12.5. The summed E-state index contributed by atoms with van der Waals surface area (Å²) in [5, 5.41) is 0. The Kier molecular flexibility index (Phi) is 5.19. The first kappa shape index (κ1) is 16.6. The van der Waals surface area contributed by atoms with Crippen molar-refractivity contribution in [2.24, 2.45) is 0 Å². The Morgan fingerprint density at radius 2 is 2.12 bits per heavy atom. The van der Waals surface area contributed by atoms with Gasteiger partial charge < -0.3 is 14.5 Å². The molecule has 3 rings (SSSR count). The van der Waals surface area contributed by atoms with Gasteiger partial charge in [0.05, 0.1) is 17.8 Å². The number of aromatic nitrogens is 4. The van der Waals surface area contributed by atoms with Crippen LogP contribution in [0.5, 0.6) is 5.88 Å². The number of ether oxygens (including phenoxy) is 1. The summed E-state index contributed by atoms with van der Waals surface area (Å²) in [6.45, 7) is 2.69. The molecule has 2 aromatic heterocycles. The first-order chi connectivity index (χ1) is 11.7. The van der Waals surface area contributed by atoms with E-state index in [0.29, 0.717) is 41.6 Å². The molecule has 1 amide bonds. The van der Waals surface area contributed by atoms with E-state index in [-0.39, 0.29) is 5.91 Å². The molecule has 1 aliphatic rings. The zero-order chi connectivity index (χ0) is 16.9. The van der Waals surface area contributed by atoms with Gasteiger partial charge in [0.25, 0.3) is 5.91 Å². The number of carbonyl (C=O) groups is 1. The lowest BCUT2D eigenvalue weighted by molar-refractivity contribution is 0.0761. The molecule has 0 bridgehead atoms. The molecule has 9 heteroatoms. The summed E-state index contributed by atoms with van der Waals surface area (Å²) >= 11 is 3.35. The van der Waals surface area contributed by atoms with Crippen LogP contribution in [0.15, 0.2) is 29.3 Å². The van der Waals surface area contributed by atoms with E-state index in [0.717, 1.165) is 13.0 Å². The van der Waals surface area contributed by atoms with Crippen LogP contribution >= 0.6 is 15.9 Å². The maximum absolute atomic E-state index is 12.5. The van der Waals surface area contributed by atoms with E-state index in [1.807, 2.05) is 0 Å². The van der Waals surface area contributed by atoms with Crippen LogP contribution in [-0.4, -0.2) is 64.0 Å². The number of halogens is 1. The molecule has 126 valence electrons. The number of amides is 1. The zero-order valence-corrected chi connectivity index (χ0v) is 14.8. The first-order valence-electron chi connectivity index (χ1n) is 7.56. The summed E-state index contributed by atoms with van der Waals surface area (Å²) in [6, 6.07) is 1.63. The molecule has 0 unspecified atom stereocenters. The fourth-order valence-electron chi connectivity index (χ4n) is 2.54. The Labute approximate surface area is 148 Å². The average molecular weight is 393 g/mol. The Morgan fingerprint density at radius 3 is 2.88 bits per heavy atom. The van der Waals surface area contributed by atoms with Crippen LogP contribution in [0, 0.1) is 0 Å². The summed E-state index contributed by atoms with van der Waals surface area (Å²) in [5.41, 5.74) is 0.417. The van der Waals surface area contributed by atoms with Crippen molar-refractivity contribution < 1.29 is 9.53 Å². The molecule has 3 heterocycles. The minimum Gasteiger partial charge on any atom is -0.480 e. The minimum absolute atomic E-state index is 0.0754. The molecule has 24 heavy (non-hydrogen) atoms. The largest absolute Gasteiger partial charge is 0.480 e. The molecule has 1 aliphatic heterocycles. The topological polar surface area (TPSA) is 84.3 Å². The van der Waals surface area contributed by atoms with Crippen molar-refractivity contribution in [3.63, 3.8) is 0 Å². The maximum Gasteiger partial charge on any atom is 0.272 e. The standard InChI is InChI=1S/C15H17BrN6O2/c1-24-13-11(16)9-18-15(20-13)22-6-2-5-21(7-8-22)14(23)12-3-4-17-10-19-12/h3-4,9-10H,2,5-8H2,1H3. The number of hydrogen-bond acceptors (Lipinski definition) is 7. The van der Waals surface area contributed by atoms with Gasteiger partial charge in [-0.25, -0.2) is 15.0 Å². The minimum atomic E-state index is -0.0754. The summed E-state index contributed by atoms with van der Waals surface area (Å²) in [4.78, 5) is 33.0. The van der Waals surface area contributed by atoms with Crippen molar-refractivity contribution in [3.05, 3.63) is 35.0 Å². The Bertz CT molecular complexity index is 714. The lowest BCUT2D eigenvalue weighted by Crippen LogP contribution is -2.36. The van der Waals surface area contributed by atoms with Gasteiger partial charge in [0.15, 0.2) is 0 Å². The molecule has 0 saturated carbocycles. The lowest BCUT2D eigenvalue weighted by Gasteiger charge is -2.22. The van der Waals surface area contributed by atoms with E-state index in [4.69, 9.17) is 4.74 Å². The van der Waals surface area contributed by atoms with Crippen LogP contribution in [0.25, 0.3) is 0 Å². The van der Waals surface area contributed by atoms with E-state index >= 15 is 0 Å². The number of anilines is 1. The van der Waals surface area contributed by atoms with Crippen LogP contribution in [0.1, 0.15) is 16.9 Å². The van der Waals surface area contributed by atoms with E-state index in [1.165, 1.54) is 6.33 Å². The predicted molar refractivity (Wildman–Crippen MR) is 91.0 cm³/mol. The average Bonchev–Trinajstić information content (AvgIpc) is 2.88. The lowest BCUT2D eigenvalue weighted by atomic mass is 10.3. The van der Waals surface area contributed by atoms with Crippen LogP contribution in [0.2, 0.25) is 0 Å². The van der Waals surface area contributed by atoms with Gasteiger partial charge >= 0.3 is 0 Å². The van der Waals surface area contributed by atoms with E-state index in [9.17, 15) is 4.79 Å². The van der Waals surface area contributed by atoms with Crippen molar-refractivity contribution in [1.29, 1.82) is 0 Å². The van der Waals surface area contributed by atoms with Gasteiger partial charge in [-0.3, -0.25) is 4.79 Å². The van der Waals surface area contributed by atoms with Gasteiger partial charge in [-0.05, 0) is 28.4 Å². The quantitative estimate of drug-likeness (QED) is 0.779. The molecular weight excluding hydrogens is 376 g/mol. The predicted octanol–water partition coefficient (Wildman–Crippen LogP) is 1.39. The summed E-state index contributed by atoms with van der Waals surface area (Å²) < 4.78 is 5.93. The molecule has 0 radical (unpaired) electrons. The van der Waals surface area contributed by atoms with Crippen molar-refractivity contribution in [1.82, 2.24) is 24.8 Å². The van der Waals surface area contributed by atoms with Crippen LogP contribution in [-0.2, 0) is 0 Å². The highest BCUT2D eigenvalue weighted by Gasteiger charge is 2.22. The monoisotopic (exact) mass is 392 g/mol. The fourth-order valence-corrected chi connectivity index (χ4v) is 2.89. The van der Waals surface area contributed by atoms with Crippen LogP contribution in [0.3, 0.4) is 0 Å². The highest BCUT2D eigenvalue weighted by Crippen LogP contribution is 2.24. The second-order valence-electron chi connectivity index (χ2n) is 5.25. The van der Waals surface area contributed by atoms with Gasteiger partial charge in [0, 0.05) is 32.4 Å². The molecule has 2 aromatic rings. The molecule has 1 saturated heterocycles. The van der Waals surface area contributed by atoms with Crippen molar-refractivity contribution in [3.8, 4) is 5.88 Å². The number of hydrogen-bond donors (Lipinski definition) is 0. The second-order valence-corrected chi connectivity index (χ2v) is 6.11. The number of methoxy groups -OCH3 is 1. The molecule has 0 aliphatic carbocycles. The third-order valence-electron chi connectivity index (χ3n) is 3.76. The molecule has 8 nitrogen and oxygen atoms in total. The summed E-state index contributed by atoms with van der Waals surface area (Å²) in [7, 11) is 1.57. The third kappa shape index (κ3) is 3.61. The first-order valence-corrected chi connectivity index (χ1v) is 8.35. The highest BCUT2D eigenvalue weighted by atomic mass is 79.9. The van der Waals surface area contributed by atoms with Crippen LogP contribution < -0.4 is 9.64 Å². The van der Waals surface area contributed by atoms with Crippen LogP contribution in [0.4, 0.5) is 5.95 Å². The van der Waals surface area contributed by atoms with E-state index in [1.54, 1.807) is 30.5 Å². The van der Waals surface area contributed by atoms with Gasteiger partial charge in [-0.2, -0.15) is 4.98 Å². The molecule has 0 spiro atoms. The molecule has 0 N–H and O–H groups in total. The SMILES string of the molecule is COc1nc(N2CCCN(C(=O)c3ccncn3)CC2)ncc1Br. The van der Waals surface area contributed by atoms with Gasteiger partial charge in [0.2, 0.25) is 11.8 Å². The zero-order valence-electron chi connectivity index (χ0n) is 13.2. The second kappa shape index (κ2) is 7.52. The Morgan fingerprint density at radius 1 is 1.25 bits per heavy atom. The molecule has 0 aromatic carbocycles. The number of nitrogens with zero attached hydrogens (tertiary/aromatic N) is 6. The normalized spacial score (nSPS) is 15.1. The van der Waals surface area contributed by atoms with Gasteiger partial charge in [-0.1, -0.05) is 0 Å². The Hall–Kier alpha value is -2.29. The molecule has 1 fully saturated rings. The van der Waals surface area contributed by atoms with E-state index in [2.05, 4.69) is 40.8 Å². The summed E-state index contributed by atoms with van der Waals surface area (Å²) in [6.07, 6.45) is 5.47. The third-order valence-corrected chi connectivity index (χ3v) is 4.30. The Balaban J connectivity index is 1.70. The van der Waals surface area contributed by atoms with Crippen molar-refractivity contribution >= 4 is 27.8 Å². The van der Waals surface area contributed by atoms with Gasteiger partial charge in [-0.15, -0.1) is 0 Å². The summed E-state index contributed by atoms with van der Waals surface area (Å²) in [5.74, 6) is 1.03. The fraction of sp³-hybridized carbons (Fsp3) is 0.400.